The molecule has 2 aromatic rings. The van der Waals surface area contributed by atoms with Crippen molar-refractivity contribution < 1.29 is 4.39 Å². The summed E-state index contributed by atoms with van der Waals surface area (Å²) in [4.78, 5) is 14.2. The maximum Gasteiger partial charge on any atom is 0.126 e. The van der Waals surface area contributed by atoms with Crippen molar-refractivity contribution in [3.8, 4) is 11.3 Å². The first-order valence-electron chi connectivity index (χ1n) is 4.35. The maximum atomic E-state index is 12.6. The third-order valence-electron chi connectivity index (χ3n) is 1.99. The Hall–Kier alpha value is -2.10. The average Bonchev–Trinajstić information content (AvgIpc) is 2.30. The van der Waals surface area contributed by atoms with E-state index in [0.29, 0.717) is 5.69 Å². The predicted molar refractivity (Wildman–Crippen MR) is 55.1 cm³/mol. The van der Waals surface area contributed by atoms with Crippen molar-refractivity contribution in [3.63, 3.8) is 0 Å². The molecule has 4 heteroatoms. The minimum Gasteiger partial charge on any atom is -0.254 e. The summed E-state index contributed by atoms with van der Waals surface area (Å²) in [5, 5.41) is 2.75. The molecule has 0 amide bonds. The summed E-state index contributed by atoms with van der Waals surface area (Å²) >= 11 is 0. The predicted octanol–water partition coefficient (Wildman–Crippen LogP) is 3.29. The van der Waals surface area contributed by atoms with Gasteiger partial charge in [-0.1, -0.05) is 0 Å². The molecular weight excluding hydrogens is 195 g/mol. The molecular formula is C11H7FN2O. The first-order chi connectivity index (χ1) is 7.29. The van der Waals surface area contributed by atoms with E-state index in [0.717, 1.165) is 5.56 Å². The largest absolute Gasteiger partial charge is 0.254 e. The van der Waals surface area contributed by atoms with E-state index in [9.17, 15) is 9.30 Å². The van der Waals surface area contributed by atoms with Gasteiger partial charge in [-0.3, -0.25) is 4.98 Å². The van der Waals surface area contributed by atoms with E-state index in [1.165, 1.54) is 18.3 Å². The van der Waals surface area contributed by atoms with Crippen molar-refractivity contribution in [1.29, 1.82) is 0 Å². The summed E-state index contributed by atoms with van der Waals surface area (Å²) in [6.07, 6.45) is 1.38. The fourth-order valence-corrected chi connectivity index (χ4v) is 1.23. The zero-order valence-electron chi connectivity index (χ0n) is 7.72. The fraction of sp³-hybridized carbons (Fsp3) is 0. The summed E-state index contributed by atoms with van der Waals surface area (Å²) in [6.45, 7) is 0. The first kappa shape index (κ1) is 9.45. The van der Waals surface area contributed by atoms with Crippen molar-refractivity contribution in [2.24, 2.45) is 5.18 Å². The molecule has 3 nitrogen and oxygen atoms in total. The Bertz CT molecular complexity index is 465. The molecule has 74 valence electrons. The second-order valence-corrected chi connectivity index (χ2v) is 3.00. The lowest BCUT2D eigenvalue weighted by atomic mass is 10.1. The van der Waals surface area contributed by atoms with Crippen LogP contribution in [0, 0.1) is 10.7 Å². The summed E-state index contributed by atoms with van der Waals surface area (Å²) < 4.78 is 12.6. The Morgan fingerprint density at radius 2 is 1.80 bits per heavy atom. The quantitative estimate of drug-likeness (QED) is 0.701. The fourth-order valence-electron chi connectivity index (χ4n) is 1.23. The molecule has 15 heavy (non-hydrogen) atoms. The van der Waals surface area contributed by atoms with Crippen LogP contribution in [0.4, 0.5) is 10.1 Å². The molecule has 0 saturated carbocycles. The lowest BCUT2D eigenvalue weighted by Gasteiger charge is -1.99. The molecule has 1 aromatic carbocycles. The van der Waals surface area contributed by atoms with Crippen LogP contribution in [-0.2, 0) is 0 Å². The van der Waals surface area contributed by atoms with Crippen LogP contribution in [0.15, 0.2) is 47.8 Å². The van der Waals surface area contributed by atoms with E-state index in [-0.39, 0.29) is 11.5 Å². The van der Waals surface area contributed by atoms with Crippen LogP contribution in [0.2, 0.25) is 0 Å². The van der Waals surface area contributed by atoms with Gasteiger partial charge in [0.05, 0.1) is 11.9 Å². The highest BCUT2D eigenvalue weighted by Crippen LogP contribution is 2.19. The molecule has 1 heterocycles. The van der Waals surface area contributed by atoms with Gasteiger partial charge in [0.2, 0.25) is 0 Å². The van der Waals surface area contributed by atoms with Gasteiger partial charge in [-0.05, 0) is 41.6 Å². The van der Waals surface area contributed by atoms with Crippen LogP contribution in [0.1, 0.15) is 0 Å². The molecule has 0 aliphatic heterocycles. The van der Waals surface area contributed by atoms with Gasteiger partial charge >= 0.3 is 0 Å². The van der Waals surface area contributed by atoms with Gasteiger partial charge in [-0.15, -0.1) is 4.91 Å². The van der Waals surface area contributed by atoms with Crippen molar-refractivity contribution >= 4 is 5.69 Å². The zero-order valence-corrected chi connectivity index (χ0v) is 7.72. The van der Waals surface area contributed by atoms with Gasteiger partial charge in [0.15, 0.2) is 0 Å². The number of pyridine rings is 1. The molecule has 0 spiro atoms. The Morgan fingerprint density at radius 3 is 2.33 bits per heavy atom. The molecule has 0 aliphatic carbocycles. The summed E-state index contributed by atoms with van der Waals surface area (Å²) in [5.41, 5.74) is 1.76. The molecule has 0 atom stereocenters. The molecule has 0 bridgehead atoms. The monoisotopic (exact) mass is 202 g/mol. The third kappa shape index (κ3) is 2.04. The van der Waals surface area contributed by atoms with Crippen molar-refractivity contribution in [1.82, 2.24) is 4.98 Å². The normalized spacial score (nSPS) is 9.93. The Balaban J connectivity index is 2.37. The third-order valence-corrected chi connectivity index (χ3v) is 1.99. The lowest BCUT2D eigenvalue weighted by molar-refractivity contribution is 0.628. The van der Waals surface area contributed by atoms with Crippen LogP contribution >= 0.6 is 0 Å². The molecule has 0 radical (unpaired) electrons. The number of hydrogen-bond donors (Lipinski definition) is 0. The van der Waals surface area contributed by atoms with Gasteiger partial charge in [0, 0.05) is 5.56 Å². The number of nitroso groups, excluding NO2 is 1. The van der Waals surface area contributed by atoms with E-state index >= 15 is 0 Å². The van der Waals surface area contributed by atoms with Crippen LogP contribution < -0.4 is 0 Å². The summed E-state index contributed by atoms with van der Waals surface area (Å²) in [5.74, 6) is -0.287. The molecule has 1 aromatic heterocycles. The number of rotatable bonds is 2. The highest BCUT2D eigenvalue weighted by Gasteiger charge is 1.99. The van der Waals surface area contributed by atoms with Crippen LogP contribution in [0.25, 0.3) is 11.3 Å². The van der Waals surface area contributed by atoms with Crippen LogP contribution in [0.3, 0.4) is 0 Å². The number of benzene rings is 1. The molecule has 0 saturated heterocycles. The second-order valence-electron chi connectivity index (χ2n) is 3.00. The molecule has 0 unspecified atom stereocenters. The highest BCUT2D eigenvalue weighted by atomic mass is 19.1. The topological polar surface area (TPSA) is 42.3 Å². The summed E-state index contributed by atoms with van der Waals surface area (Å²) in [7, 11) is 0. The lowest BCUT2D eigenvalue weighted by Crippen LogP contribution is -1.82. The SMILES string of the molecule is O=Nc1ccc(-c2ccc(F)cc2)nc1. The Labute approximate surface area is 85.6 Å². The zero-order chi connectivity index (χ0) is 10.7. The van der Waals surface area contributed by atoms with E-state index in [1.54, 1.807) is 24.3 Å². The van der Waals surface area contributed by atoms with Gasteiger partial charge in [0.25, 0.3) is 0 Å². The molecule has 0 N–H and O–H groups in total. The van der Waals surface area contributed by atoms with Gasteiger partial charge < -0.3 is 0 Å². The Morgan fingerprint density at radius 1 is 1.07 bits per heavy atom. The molecule has 2 rings (SSSR count). The van der Waals surface area contributed by atoms with Crippen molar-refractivity contribution in [2.75, 3.05) is 0 Å². The average molecular weight is 202 g/mol. The van der Waals surface area contributed by atoms with Crippen molar-refractivity contribution in [3.05, 3.63) is 53.3 Å². The van der Waals surface area contributed by atoms with Gasteiger partial charge in [-0.25, -0.2) is 4.39 Å². The number of halogens is 1. The summed E-state index contributed by atoms with van der Waals surface area (Å²) in [6, 6.07) is 9.23. The van der Waals surface area contributed by atoms with E-state index in [4.69, 9.17) is 0 Å². The second kappa shape index (κ2) is 3.96. The highest BCUT2D eigenvalue weighted by molar-refractivity contribution is 5.60. The van der Waals surface area contributed by atoms with E-state index in [2.05, 4.69) is 10.2 Å². The number of hydrogen-bond acceptors (Lipinski definition) is 3. The van der Waals surface area contributed by atoms with Crippen LogP contribution in [-0.4, -0.2) is 4.98 Å². The van der Waals surface area contributed by atoms with E-state index < -0.39 is 0 Å². The number of aromatic nitrogens is 1. The minimum absolute atomic E-state index is 0.279. The van der Waals surface area contributed by atoms with Gasteiger partial charge in [0.1, 0.15) is 11.5 Å². The van der Waals surface area contributed by atoms with Gasteiger partial charge in [-0.2, -0.15) is 0 Å². The van der Waals surface area contributed by atoms with E-state index in [1.807, 2.05) is 0 Å². The standard InChI is InChI=1S/C11H7FN2O/c12-9-3-1-8(2-4-9)11-6-5-10(14-15)7-13-11/h1-7H. The maximum absolute atomic E-state index is 12.6. The smallest absolute Gasteiger partial charge is 0.126 e. The first-order valence-corrected chi connectivity index (χ1v) is 4.35. The molecule has 0 aliphatic rings. The number of nitrogens with zero attached hydrogens (tertiary/aromatic N) is 2. The molecule has 0 fully saturated rings. The van der Waals surface area contributed by atoms with Crippen molar-refractivity contribution in [2.45, 2.75) is 0 Å². The minimum atomic E-state index is -0.287. The Kier molecular flexibility index (Phi) is 2.49. The van der Waals surface area contributed by atoms with Crippen LogP contribution in [0.5, 0.6) is 0 Å².